The second-order valence-corrected chi connectivity index (χ2v) is 10.2. The van der Waals surface area contributed by atoms with Crippen LogP contribution in [-0.4, -0.2) is 54.7 Å². The van der Waals surface area contributed by atoms with Crippen LogP contribution in [0.25, 0.3) is 5.69 Å². The monoisotopic (exact) mass is 478 g/mol. The predicted molar refractivity (Wildman–Crippen MR) is 115 cm³/mol. The van der Waals surface area contributed by atoms with Crippen molar-refractivity contribution in [2.45, 2.75) is 10.8 Å². The fraction of sp³-hybridized carbons (Fsp3) is 0.250. The third-order valence-electron chi connectivity index (χ3n) is 4.73. The lowest BCUT2D eigenvalue weighted by Crippen LogP contribution is -2.40. The lowest BCUT2D eigenvalue weighted by molar-refractivity contribution is 0.0731. The summed E-state index contributed by atoms with van der Waals surface area (Å²) in [6.45, 7) is 1.43. The first-order valence-corrected chi connectivity index (χ1v) is 11.9. The van der Waals surface area contributed by atoms with Gasteiger partial charge in [0, 0.05) is 24.0 Å². The molecule has 0 atom stereocenters. The Bertz CT molecular complexity index is 1280. The van der Waals surface area contributed by atoms with Gasteiger partial charge in [-0.1, -0.05) is 0 Å². The van der Waals surface area contributed by atoms with E-state index in [9.17, 15) is 22.4 Å². The summed E-state index contributed by atoms with van der Waals surface area (Å²) in [4.78, 5) is 25.3. The van der Waals surface area contributed by atoms with E-state index >= 15 is 0 Å². The van der Waals surface area contributed by atoms with Gasteiger partial charge >= 0.3 is 0 Å². The number of aromatic nitrogens is 2. The van der Waals surface area contributed by atoms with Gasteiger partial charge in [-0.3, -0.25) is 9.59 Å². The minimum atomic E-state index is -3.59. The molecule has 3 heterocycles. The Morgan fingerprint density at radius 2 is 1.81 bits per heavy atom. The van der Waals surface area contributed by atoms with Crippen molar-refractivity contribution in [1.29, 1.82) is 0 Å². The molecular formula is C20H19FN4O5S2. The maximum atomic E-state index is 13.1. The summed E-state index contributed by atoms with van der Waals surface area (Å²) in [5.74, 6) is -0.992. The molecule has 1 aromatic carbocycles. The number of halogens is 1. The highest BCUT2D eigenvalue weighted by molar-refractivity contribution is 7.91. The summed E-state index contributed by atoms with van der Waals surface area (Å²) < 4.78 is 46.3. The van der Waals surface area contributed by atoms with Crippen LogP contribution >= 0.6 is 11.3 Å². The average molecular weight is 479 g/mol. The van der Waals surface area contributed by atoms with E-state index < -0.39 is 27.3 Å². The smallest absolute Gasteiger partial charge is 0.272 e. The molecule has 0 unspecified atom stereocenters. The predicted octanol–water partition coefficient (Wildman–Crippen LogP) is 1.38. The number of benzene rings is 1. The second kappa shape index (κ2) is 9.28. The summed E-state index contributed by atoms with van der Waals surface area (Å²) in [6, 6.07) is 10.8. The maximum absolute atomic E-state index is 13.1. The van der Waals surface area contributed by atoms with Gasteiger partial charge in [0.25, 0.3) is 21.5 Å². The lowest BCUT2D eigenvalue weighted by Gasteiger charge is -2.25. The van der Waals surface area contributed by atoms with Crippen molar-refractivity contribution in [3.05, 3.63) is 75.3 Å². The Hall–Kier alpha value is -2.93. The number of ether oxygens (including phenoxy) is 1. The largest absolute Gasteiger partial charge is 0.379 e. The van der Waals surface area contributed by atoms with Crippen LogP contribution in [-0.2, 0) is 21.3 Å². The van der Waals surface area contributed by atoms with Crippen molar-refractivity contribution in [3.63, 3.8) is 0 Å². The number of nitrogens with one attached hydrogen (secondary N) is 1. The van der Waals surface area contributed by atoms with Crippen molar-refractivity contribution in [1.82, 2.24) is 19.4 Å². The second-order valence-electron chi connectivity index (χ2n) is 6.86. The van der Waals surface area contributed by atoms with E-state index in [1.54, 1.807) is 6.07 Å². The number of carbonyl (C=O) groups is 1. The van der Waals surface area contributed by atoms with E-state index in [1.807, 2.05) is 0 Å². The lowest BCUT2D eigenvalue weighted by atomic mass is 10.3. The molecule has 1 N–H and O–H groups in total. The first-order valence-electron chi connectivity index (χ1n) is 9.66. The number of rotatable bonds is 6. The van der Waals surface area contributed by atoms with Gasteiger partial charge in [0.2, 0.25) is 0 Å². The Labute approximate surface area is 187 Å². The Balaban J connectivity index is 1.45. The zero-order chi connectivity index (χ0) is 22.7. The quantitative estimate of drug-likeness (QED) is 0.573. The SMILES string of the molecule is O=C(NCc1ccc(S(=O)(=O)N2CCOCC2)s1)c1ccc(=O)n(-c2ccc(F)cc2)n1. The molecule has 1 fully saturated rings. The average Bonchev–Trinajstić information content (AvgIpc) is 3.29. The van der Waals surface area contributed by atoms with Gasteiger partial charge in [-0.15, -0.1) is 11.3 Å². The molecule has 3 aromatic rings. The Morgan fingerprint density at radius 3 is 2.53 bits per heavy atom. The van der Waals surface area contributed by atoms with Crippen LogP contribution in [0.2, 0.25) is 0 Å². The van der Waals surface area contributed by atoms with E-state index in [0.29, 0.717) is 36.9 Å². The summed E-state index contributed by atoms with van der Waals surface area (Å²) in [6.07, 6.45) is 0. The minimum absolute atomic E-state index is 0.00774. The van der Waals surface area contributed by atoms with Gasteiger partial charge in [0.05, 0.1) is 25.4 Å². The molecule has 0 bridgehead atoms. The number of morpholine rings is 1. The maximum Gasteiger partial charge on any atom is 0.272 e. The molecule has 32 heavy (non-hydrogen) atoms. The highest BCUT2D eigenvalue weighted by Gasteiger charge is 2.27. The zero-order valence-electron chi connectivity index (χ0n) is 16.7. The molecule has 12 heteroatoms. The molecule has 0 aliphatic carbocycles. The summed E-state index contributed by atoms with van der Waals surface area (Å²) in [5.41, 5.74) is -0.154. The molecule has 1 saturated heterocycles. The van der Waals surface area contributed by atoms with E-state index in [1.165, 1.54) is 46.8 Å². The number of sulfonamides is 1. The topological polar surface area (TPSA) is 111 Å². The van der Waals surface area contributed by atoms with Crippen molar-refractivity contribution < 1.29 is 22.3 Å². The van der Waals surface area contributed by atoms with Crippen LogP contribution in [0.5, 0.6) is 0 Å². The van der Waals surface area contributed by atoms with E-state index in [0.717, 1.165) is 16.0 Å². The number of hydrogen-bond acceptors (Lipinski definition) is 7. The van der Waals surface area contributed by atoms with Crippen molar-refractivity contribution >= 4 is 27.3 Å². The third kappa shape index (κ3) is 4.78. The summed E-state index contributed by atoms with van der Waals surface area (Å²) >= 11 is 1.08. The Morgan fingerprint density at radius 1 is 1.09 bits per heavy atom. The molecule has 0 saturated carbocycles. The molecular weight excluding hydrogens is 459 g/mol. The number of amides is 1. The third-order valence-corrected chi connectivity index (χ3v) is 8.18. The van der Waals surface area contributed by atoms with Crippen LogP contribution < -0.4 is 10.9 Å². The van der Waals surface area contributed by atoms with Crippen LogP contribution in [0.15, 0.2) is 57.5 Å². The molecule has 0 radical (unpaired) electrons. The Kier molecular flexibility index (Phi) is 6.46. The number of thiophene rings is 1. The highest BCUT2D eigenvalue weighted by atomic mass is 32.2. The summed E-state index contributed by atoms with van der Waals surface area (Å²) in [7, 11) is -3.59. The first kappa shape index (κ1) is 22.3. The molecule has 1 amide bonds. The van der Waals surface area contributed by atoms with Gasteiger partial charge in [0.15, 0.2) is 0 Å². The van der Waals surface area contributed by atoms with Crippen molar-refractivity contribution in [2.75, 3.05) is 26.3 Å². The highest BCUT2D eigenvalue weighted by Crippen LogP contribution is 2.25. The molecule has 2 aromatic heterocycles. The number of carbonyl (C=O) groups excluding carboxylic acids is 1. The van der Waals surface area contributed by atoms with E-state index in [-0.39, 0.29) is 16.4 Å². The molecule has 1 aliphatic heterocycles. The molecule has 0 spiro atoms. The zero-order valence-corrected chi connectivity index (χ0v) is 18.4. The first-order chi connectivity index (χ1) is 15.3. The standard InChI is InChI=1S/C20H19FN4O5S2/c21-14-1-3-15(4-2-14)25-18(26)7-6-17(23-25)20(27)22-13-16-5-8-19(31-16)32(28,29)24-9-11-30-12-10-24/h1-8H,9-13H2,(H,22,27). The van der Waals surface area contributed by atoms with Crippen molar-refractivity contribution in [3.8, 4) is 5.69 Å². The number of hydrogen-bond donors (Lipinski definition) is 1. The van der Waals surface area contributed by atoms with Crippen LogP contribution in [0.4, 0.5) is 4.39 Å². The van der Waals surface area contributed by atoms with Gasteiger partial charge in [-0.05, 0) is 42.5 Å². The van der Waals surface area contributed by atoms with Crippen LogP contribution in [0.3, 0.4) is 0 Å². The molecule has 168 valence electrons. The van der Waals surface area contributed by atoms with Crippen LogP contribution in [0.1, 0.15) is 15.4 Å². The number of nitrogens with zero attached hydrogens (tertiary/aromatic N) is 3. The van der Waals surface area contributed by atoms with E-state index in [2.05, 4.69) is 10.4 Å². The van der Waals surface area contributed by atoms with Gasteiger partial charge in [-0.25, -0.2) is 12.8 Å². The van der Waals surface area contributed by atoms with Gasteiger partial charge in [0.1, 0.15) is 15.7 Å². The molecule has 1 aliphatic rings. The minimum Gasteiger partial charge on any atom is -0.379 e. The summed E-state index contributed by atoms with van der Waals surface area (Å²) in [5, 5.41) is 6.72. The fourth-order valence-corrected chi connectivity index (χ4v) is 5.92. The van der Waals surface area contributed by atoms with Crippen molar-refractivity contribution in [2.24, 2.45) is 0 Å². The van der Waals surface area contributed by atoms with E-state index in [4.69, 9.17) is 4.74 Å². The molecule has 9 nitrogen and oxygen atoms in total. The van der Waals surface area contributed by atoms with Gasteiger partial charge < -0.3 is 10.1 Å². The fourth-order valence-electron chi connectivity index (χ4n) is 3.06. The van der Waals surface area contributed by atoms with Crippen LogP contribution in [0, 0.1) is 5.82 Å². The normalized spacial score (nSPS) is 14.9. The van der Waals surface area contributed by atoms with Gasteiger partial charge in [-0.2, -0.15) is 14.1 Å². The molecule has 4 rings (SSSR count).